The van der Waals surface area contributed by atoms with E-state index in [0.29, 0.717) is 23.9 Å². The molecule has 4 rings (SSSR count). The van der Waals surface area contributed by atoms with E-state index in [-0.39, 0.29) is 11.8 Å². The first-order chi connectivity index (χ1) is 14.1. The normalized spacial score (nSPS) is 16.5. The monoisotopic (exact) mass is 388 g/mol. The lowest BCUT2D eigenvalue weighted by molar-refractivity contribution is 0.0705. The van der Waals surface area contributed by atoms with Crippen LogP contribution in [0.5, 0.6) is 0 Å². The van der Waals surface area contributed by atoms with Gasteiger partial charge in [-0.2, -0.15) is 0 Å². The molecule has 1 aliphatic heterocycles. The number of anilines is 2. The number of amides is 1. The lowest BCUT2D eigenvalue weighted by atomic mass is 9.94. The first-order valence-electron chi connectivity index (χ1n) is 9.84. The number of aryl methyl sites for hydroxylation is 2. The van der Waals surface area contributed by atoms with Crippen LogP contribution in [0.4, 0.5) is 11.8 Å². The molecule has 7 nitrogen and oxygen atoms in total. The van der Waals surface area contributed by atoms with Crippen LogP contribution in [0.3, 0.4) is 0 Å². The fraction of sp³-hybridized carbons (Fsp3) is 0.318. The Hall–Kier alpha value is -3.35. The van der Waals surface area contributed by atoms with Crippen LogP contribution in [-0.2, 0) is 0 Å². The molecule has 1 N–H and O–H groups in total. The number of carbonyl (C=O) groups excluding carboxylic acids is 1. The Kier molecular flexibility index (Phi) is 5.46. The minimum absolute atomic E-state index is 0.0284. The molecule has 1 unspecified atom stereocenters. The van der Waals surface area contributed by atoms with Crippen molar-refractivity contribution in [3.63, 3.8) is 0 Å². The molecule has 29 heavy (non-hydrogen) atoms. The summed E-state index contributed by atoms with van der Waals surface area (Å²) in [6.45, 7) is 5.31. The molecule has 0 aromatic carbocycles. The van der Waals surface area contributed by atoms with Gasteiger partial charge in [-0.25, -0.2) is 15.0 Å². The molecule has 0 aliphatic carbocycles. The van der Waals surface area contributed by atoms with Gasteiger partial charge in [-0.05, 0) is 57.0 Å². The van der Waals surface area contributed by atoms with Gasteiger partial charge in [-0.3, -0.25) is 9.78 Å². The Morgan fingerprint density at radius 2 is 1.93 bits per heavy atom. The fourth-order valence-corrected chi connectivity index (χ4v) is 3.72. The Labute approximate surface area is 170 Å². The van der Waals surface area contributed by atoms with Crippen LogP contribution >= 0.6 is 0 Å². The second-order valence-corrected chi connectivity index (χ2v) is 7.38. The van der Waals surface area contributed by atoms with Crippen LogP contribution in [0.25, 0.3) is 0 Å². The number of carbonyl (C=O) groups is 1. The van der Waals surface area contributed by atoms with Crippen LogP contribution < -0.4 is 5.32 Å². The summed E-state index contributed by atoms with van der Waals surface area (Å²) in [5, 5.41) is 3.20. The largest absolute Gasteiger partial charge is 0.338 e. The Bertz CT molecular complexity index is 987. The van der Waals surface area contributed by atoms with E-state index < -0.39 is 0 Å². The number of pyridine rings is 2. The SMILES string of the molecule is Cc1cc(C)nc(Nc2cccc(C3CCCN(C(=O)c4cccnc4)C3)n2)n1. The van der Waals surface area contributed by atoms with Gasteiger partial charge >= 0.3 is 0 Å². The molecule has 0 saturated carbocycles. The van der Waals surface area contributed by atoms with Crippen molar-refractivity contribution in [2.75, 3.05) is 18.4 Å². The third kappa shape index (κ3) is 4.56. The molecule has 1 fully saturated rings. The van der Waals surface area contributed by atoms with E-state index in [4.69, 9.17) is 4.98 Å². The second kappa shape index (κ2) is 8.34. The lowest BCUT2D eigenvalue weighted by Crippen LogP contribution is -2.39. The highest BCUT2D eigenvalue weighted by atomic mass is 16.2. The Balaban J connectivity index is 1.49. The highest BCUT2D eigenvalue weighted by Crippen LogP contribution is 2.27. The zero-order valence-electron chi connectivity index (χ0n) is 16.7. The minimum Gasteiger partial charge on any atom is -0.338 e. The minimum atomic E-state index is 0.0284. The Morgan fingerprint density at radius 1 is 1.10 bits per heavy atom. The fourth-order valence-electron chi connectivity index (χ4n) is 3.72. The second-order valence-electron chi connectivity index (χ2n) is 7.38. The molecule has 1 atom stereocenters. The number of nitrogens with zero attached hydrogens (tertiary/aromatic N) is 5. The molecule has 0 spiro atoms. The molecule has 7 heteroatoms. The summed E-state index contributed by atoms with van der Waals surface area (Å²) in [7, 11) is 0. The van der Waals surface area contributed by atoms with E-state index in [2.05, 4.69) is 20.3 Å². The number of rotatable bonds is 4. The van der Waals surface area contributed by atoms with Gasteiger partial charge in [0.25, 0.3) is 5.91 Å². The molecular weight excluding hydrogens is 364 g/mol. The van der Waals surface area contributed by atoms with Crippen LogP contribution in [0.15, 0.2) is 48.8 Å². The van der Waals surface area contributed by atoms with Gasteiger partial charge in [-0.15, -0.1) is 0 Å². The summed E-state index contributed by atoms with van der Waals surface area (Å²) >= 11 is 0. The molecule has 1 saturated heterocycles. The zero-order chi connectivity index (χ0) is 20.2. The average molecular weight is 388 g/mol. The third-order valence-electron chi connectivity index (χ3n) is 5.03. The van der Waals surface area contributed by atoms with Crippen molar-refractivity contribution in [2.24, 2.45) is 0 Å². The third-order valence-corrected chi connectivity index (χ3v) is 5.03. The van der Waals surface area contributed by atoms with Gasteiger partial charge in [0.15, 0.2) is 0 Å². The smallest absolute Gasteiger partial charge is 0.255 e. The van der Waals surface area contributed by atoms with Gasteiger partial charge < -0.3 is 10.2 Å². The maximum atomic E-state index is 12.8. The predicted octanol–water partition coefficient (Wildman–Crippen LogP) is 3.65. The molecule has 0 radical (unpaired) electrons. The van der Waals surface area contributed by atoms with Crippen LogP contribution in [-0.4, -0.2) is 43.8 Å². The van der Waals surface area contributed by atoms with Crippen molar-refractivity contribution >= 4 is 17.7 Å². The number of hydrogen-bond donors (Lipinski definition) is 1. The summed E-state index contributed by atoms with van der Waals surface area (Å²) in [5.41, 5.74) is 3.42. The van der Waals surface area contributed by atoms with Gasteiger partial charge in [0.2, 0.25) is 5.95 Å². The van der Waals surface area contributed by atoms with E-state index in [9.17, 15) is 4.79 Å². The molecular formula is C22H24N6O. The van der Waals surface area contributed by atoms with Gasteiger partial charge in [0.1, 0.15) is 5.82 Å². The first kappa shape index (κ1) is 19.0. The molecule has 1 aliphatic rings. The highest BCUT2D eigenvalue weighted by Gasteiger charge is 2.26. The van der Waals surface area contributed by atoms with Gasteiger partial charge in [0, 0.05) is 48.5 Å². The van der Waals surface area contributed by atoms with E-state index >= 15 is 0 Å². The van der Waals surface area contributed by atoms with Crippen molar-refractivity contribution in [2.45, 2.75) is 32.6 Å². The van der Waals surface area contributed by atoms with Crippen molar-refractivity contribution in [1.29, 1.82) is 0 Å². The number of piperidine rings is 1. The summed E-state index contributed by atoms with van der Waals surface area (Å²) < 4.78 is 0. The summed E-state index contributed by atoms with van der Waals surface area (Å²) in [6.07, 6.45) is 5.26. The van der Waals surface area contributed by atoms with Crippen molar-refractivity contribution in [1.82, 2.24) is 24.8 Å². The van der Waals surface area contributed by atoms with Gasteiger partial charge in [0.05, 0.1) is 5.56 Å². The number of nitrogens with one attached hydrogen (secondary N) is 1. The molecule has 3 aromatic heterocycles. The topological polar surface area (TPSA) is 83.9 Å². The maximum absolute atomic E-state index is 12.8. The number of hydrogen-bond acceptors (Lipinski definition) is 6. The quantitative estimate of drug-likeness (QED) is 0.734. The molecule has 1 amide bonds. The Morgan fingerprint density at radius 3 is 2.69 bits per heavy atom. The van der Waals surface area contributed by atoms with Gasteiger partial charge in [-0.1, -0.05) is 6.07 Å². The van der Waals surface area contributed by atoms with Crippen LogP contribution in [0.2, 0.25) is 0 Å². The summed E-state index contributed by atoms with van der Waals surface area (Å²) in [4.78, 5) is 32.4. The summed E-state index contributed by atoms with van der Waals surface area (Å²) in [6, 6.07) is 11.5. The average Bonchev–Trinajstić information content (AvgIpc) is 2.73. The molecule has 4 heterocycles. The standard InChI is InChI=1S/C22H24N6O/c1-15-12-16(2)25-22(24-15)27-20-9-3-8-19(26-20)18-7-5-11-28(14-18)21(29)17-6-4-10-23-13-17/h3-4,6,8-10,12-13,18H,5,7,11,14H2,1-2H3,(H,24,25,26,27). The maximum Gasteiger partial charge on any atom is 0.255 e. The van der Waals surface area contributed by atoms with Crippen LogP contribution in [0, 0.1) is 13.8 Å². The van der Waals surface area contributed by atoms with E-state index in [0.717, 1.165) is 36.5 Å². The lowest BCUT2D eigenvalue weighted by Gasteiger charge is -2.32. The zero-order valence-corrected chi connectivity index (χ0v) is 16.7. The first-order valence-corrected chi connectivity index (χ1v) is 9.84. The van der Waals surface area contributed by atoms with Crippen molar-refractivity contribution < 1.29 is 4.79 Å². The molecule has 148 valence electrons. The highest BCUT2D eigenvalue weighted by molar-refractivity contribution is 5.94. The van der Waals surface area contributed by atoms with Crippen molar-refractivity contribution in [3.8, 4) is 0 Å². The predicted molar refractivity (Wildman–Crippen MR) is 111 cm³/mol. The van der Waals surface area contributed by atoms with E-state index in [1.165, 1.54) is 0 Å². The van der Waals surface area contributed by atoms with Crippen LogP contribution in [0.1, 0.15) is 46.2 Å². The molecule has 3 aromatic rings. The number of likely N-dealkylation sites (tertiary alicyclic amines) is 1. The van der Waals surface area contributed by atoms with E-state index in [1.807, 2.05) is 49.1 Å². The summed E-state index contributed by atoms with van der Waals surface area (Å²) in [5.74, 6) is 1.49. The van der Waals surface area contributed by atoms with E-state index in [1.54, 1.807) is 18.5 Å². The van der Waals surface area contributed by atoms with Crippen molar-refractivity contribution in [3.05, 3.63) is 71.4 Å². The number of aromatic nitrogens is 4. The molecule has 0 bridgehead atoms.